The van der Waals surface area contributed by atoms with Crippen LogP contribution in [0.3, 0.4) is 0 Å². The van der Waals surface area contributed by atoms with Gasteiger partial charge in [0.05, 0.1) is 5.57 Å². The van der Waals surface area contributed by atoms with Crippen molar-refractivity contribution in [1.29, 1.82) is 0 Å². The summed E-state index contributed by atoms with van der Waals surface area (Å²) < 4.78 is 78.0. The van der Waals surface area contributed by atoms with E-state index in [0.717, 1.165) is 6.08 Å². The Hall–Kier alpha value is -0.940. The minimum atomic E-state index is -4.77. The molecule has 0 fully saturated rings. The van der Waals surface area contributed by atoms with Gasteiger partial charge in [0, 0.05) is 5.57 Å². The van der Waals surface area contributed by atoms with Crippen molar-refractivity contribution >= 4 is 0 Å². The van der Waals surface area contributed by atoms with Crippen molar-refractivity contribution in [3.8, 4) is 0 Å². The van der Waals surface area contributed by atoms with Gasteiger partial charge in [-0.25, -0.2) is 0 Å². The van der Waals surface area contributed by atoms with Crippen LogP contribution >= 0.6 is 0 Å². The normalized spacial score (nSPS) is 22.0. The molecule has 0 aliphatic heterocycles. The molecule has 0 N–H and O–H groups in total. The molecule has 0 saturated carbocycles. The predicted octanol–water partition coefficient (Wildman–Crippen LogP) is 6.69. The van der Waals surface area contributed by atoms with Crippen LogP contribution in [0.1, 0.15) is 47.5 Å². The van der Waals surface area contributed by atoms with Crippen LogP contribution in [0.2, 0.25) is 0 Å². The molecule has 1 rings (SSSR count). The third kappa shape index (κ3) is 5.88. The highest BCUT2D eigenvalue weighted by Gasteiger charge is 2.43. The number of alkyl halides is 6. The molecule has 0 heterocycles. The first kappa shape index (κ1) is 20.1. The fraction of sp³-hybridized carbons (Fsp3) is 0.765. The quantitative estimate of drug-likeness (QED) is 0.501. The molecule has 0 saturated heterocycles. The fourth-order valence-corrected chi connectivity index (χ4v) is 3.08. The van der Waals surface area contributed by atoms with E-state index >= 15 is 0 Å². The lowest BCUT2D eigenvalue weighted by molar-refractivity contribution is -0.101. The van der Waals surface area contributed by atoms with Gasteiger partial charge in [-0.1, -0.05) is 40.7 Å². The lowest BCUT2D eigenvalue weighted by Crippen LogP contribution is -2.30. The van der Waals surface area contributed by atoms with E-state index in [1.807, 2.05) is 34.6 Å². The first-order valence-electron chi connectivity index (χ1n) is 7.68. The van der Waals surface area contributed by atoms with Gasteiger partial charge in [-0.05, 0) is 42.1 Å². The monoisotopic (exact) mass is 342 g/mol. The fourth-order valence-electron chi connectivity index (χ4n) is 3.08. The van der Waals surface area contributed by atoms with Gasteiger partial charge in [-0.15, -0.1) is 0 Å². The van der Waals surface area contributed by atoms with Crippen LogP contribution in [0.5, 0.6) is 0 Å². The molecule has 2 unspecified atom stereocenters. The standard InChI is InChI=1S/C17H24F6/c1-10(2)14(9-15(3,4)5)11-6-12(16(18,19)20)8-13(7-11)17(21,22)23/h6,8,10-11,14H,7,9H2,1-5H3. The highest BCUT2D eigenvalue weighted by Crippen LogP contribution is 2.45. The maximum absolute atomic E-state index is 13.0. The van der Waals surface area contributed by atoms with Gasteiger partial charge in [0.1, 0.15) is 0 Å². The molecule has 0 aromatic carbocycles. The average Bonchev–Trinajstić information content (AvgIpc) is 2.32. The molecular weight excluding hydrogens is 318 g/mol. The van der Waals surface area contributed by atoms with Gasteiger partial charge in [0.25, 0.3) is 0 Å². The predicted molar refractivity (Wildman–Crippen MR) is 78.8 cm³/mol. The molecule has 1 aliphatic carbocycles. The molecule has 23 heavy (non-hydrogen) atoms. The second-order valence-electron chi connectivity index (χ2n) is 7.83. The van der Waals surface area contributed by atoms with Gasteiger partial charge in [-0.2, -0.15) is 26.3 Å². The van der Waals surface area contributed by atoms with E-state index in [1.165, 1.54) is 0 Å². The van der Waals surface area contributed by atoms with Crippen molar-refractivity contribution in [2.75, 3.05) is 0 Å². The van der Waals surface area contributed by atoms with Crippen molar-refractivity contribution in [2.24, 2.45) is 23.2 Å². The Balaban J connectivity index is 3.24. The molecule has 0 amide bonds. The maximum Gasteiger partial charge on any atom is 0.416 e. The highest BCUT2D eigenvalue weighted by atomic mass is 19.4. The summed E-state index contributed by atoms with van der Waals surface area (Å²) in [6.07, 6.45) is -8.06. The van der Waals surface area contributed by atoms with Crippen molar-refractivity contribution in [3.63, 3.8) is 0 Å². The minimum Gasteiger partial charge on any atom is -0.166 e. The molecule has 134 valence electrons. The van der Waals surface area contributed by atoms with Gasteiger partial charge in [0.15, 0.2) is 0 Å². The second-order valence-corrected chi connectivity index (χ2v) is 7.83. The van der Waals surface area contributed by atoms with E-state index in [0.29, 0.717) is 6.42 Å². The van der Waals surface area contributed by atoms with Crippen LogP contribution in [-0.2, 0) is 0 Å². The number of hydrogen-bond acceptors (Lipinski definition) is 0. The molecule has 0 bridgehead atoms. The van der Waals surface area contributed by atoms with Crippen LogP contribution in [-0.4, -0.2) is 12.4 Å². The molecule has 0 aromatic rings. The van der Waals surface area contributed by atoms with E-state index < -0.39 is 29.4 Å². The zero-order valence-corrected chi connectivity index (χ0v) is 14.1. The summed E-state index contributed by atoms with van der Waals surface area (Å²) >= 11 is 0. The number of hydrogen-bond donors (Lipinski definition) is 0. The Labute approximate surface area is 133 Å². The lowest BCUT2D eigenvalue weighted by atomic mass is 9.70. The second kappa shape index (κ2) is 6.52. The number of halogens is 6. The van der Waals surface area contributed by atoms with Gasteiger partial charge in [0.2, 0.25) is 0 Å². The summed E-state index contributed by atoms with van der Waals surface area (Å²) in [5.74, 6) is -0.997. The first-order chi connectivity index (χ1) is 10.1. The van der Waals surface area contributed by atoms with Crippen LogP contribution in [0.15, 0.2) is 23.3 Å². The van der Waals surface area contributed by atoms with E-state index in [-0.39, 0.29) is 29.7 Å². The molecule has 0 spiro atoms. The Morgan fingerprint density at radius 3 is 1.87 bits per heavy atom. The minimum absolute atomic E-state index is 0.00228. The largest absolute Gasteiger partial charge is 0.416 e. The van der Waals surface area contributed by atoms with Crippen molar-refractivity contribution in [1.82, 2.24) is 0 Å². The Bertz CT molecular complexity index is 471. The Kier molecular flexibility index (Phi) is 5.70. The number of rotatable bonds is 3. The molecular formula is C17H24F6. The van der Waals surface area contributed by atoms with Crippen LogP contribution < -0.4 is 0 Å². The highest BCUT2D eigenvalue weighted by molar-refractivity contribution is 5.35. The molecule has 0 nitrogen and oxygen atoms in total. The zero-order valence-electron chi connectivity index (χ0n) is 14.1. The zero-order chi connectivity index (χ0) is 18.2. The van der Waals surface area contributed by atoms with E-state index in [4.69, 9.17) is 0 Å². The summed E-state index contributed by atoms with van der Waals surface area (Å²) in [5, 5.41) is 0. The van der Waals surface area contributed by atoms with E-state index in [2.05, 4.69) is 0 Å². The van der Waals surface area contributed by atoms with E-state index in [1.54, 1.807) is 0 Å². The topological polar surface area (TPSA) is 0 Å². The molecule has 2 atom stereocenters. The Morgan fingerprint density at radius 2 is 1.52 bits per heavy atom. The van der Waals surface area contributed by atoms with E-state index in [9.17, 15) is 26.3 Å². The van der Waals surface area contributed by atoms with Crippen molar-refractivity contribution in [3.05, 3.63) is 23.3 Å². The van der Waals surface area contributed by atoms with Crippen molar-refractivity contribution < 1.29 is 26.3 Å². The van der Waals surface area contributed by atoms with Crippen LogP contribution in [0.4, 0.5) is 26.3 Å². The maximum atomic E-state index is 13.0. The van der Waals surface area contributed by atoms with Crippen LogP contribution in [0.25, 0.3) is 0 Å². The number of allylic oxidation sites excluding steroid dienone is 4. The summed E-state index contributed by atoms with van der Waals surface area (Å²) in [6.45, 7) is 9.53. The molecule has 0 aromatic heterocycles. The van der Waals surface area contributed by atoms with Gasteiger partial charge < -0.3 is 0 Å². The Morgan fingerprint density at radius 1 is 1.00 bits per heavy atom. The smallest absolute Gasteiger partial charge is 0.166 e. The van der Waals surface area contributed by atoms with Gasteiger partial charge in [-0.3, -0.25) is 0 Å². The van der Waals surface area contributed by atoms with Gasteiger partial charge >= 0.3 is 12.4 Å². The molecule has 6 heteroatoms. The lowest BCUT2D eigenvalue weighted by Gasteiger charge is -2.36. The first-order valence-corrected chi connectivity index (χ1v) is 7.68. The summed E-state index contributed by atoms with van der Waals surface area (Å²) in [6, 6.07) is 0. The summed E-state index contributed by atoms with van der Waals surface area (Å²) in [4.78, 5) is 0. The summed E-state index contributed by atoms with van der Waals surface area (Å²) in [7, 11) is 0. The summed E-state index contributed by atoms with van der Waals surface area (Å²) in [5.41, 5.74) is -2.43. The third-order valence-corrected chi connectivity index (χ3v) is 4.12. The van der Waals surface area contributed by atoms with Crippen LogP contribution in [0, 0.1) is 23.2 Å². The third-order valence-electron chi connectivity index (χ3n) is 4.12. The molecule has 1 aliphatic rings. The molecule has 0 radical (unpaired) electrons. The SMILES string of the molecule is CC(C)C(CC(C)(C)C)C1C=C(C(F)(F)F)C=C(C(F)(F)F)C1. The van der Waals surface area contributed by atoms with Crippen molar-refractivity contribution in [2.45, 2.75) is 59.8 Å². The average molecular weight is 342 g/mol.